The van der Waals surface area contributed by atoms with Crippen LogP contribution in [0.25, 0.3) is 0 Å². The summed E-state index contributed by atoms with van der Waals surface area (Å²) in [7, 11) is 1.81. The first-order chi connectivity index (χ1) is 13.7. The Bertz CT molecular complexity index is 856. The van der Waals surface area contributed by atoms with E-state index in [2.05, 4.69) is 10.1 Å². The summed E-state index contributed by atoms with van der Waals surface area (Å²) in [6.07, 6.45) is -4.75. The number of nitrogens with one attached hydrogen (secondary N) is 1. The Hall–Kier alpha value is -2.94. The fourth-order valence-electron chi connectivity index (χ4n) is 2.80. The van der Waals surface area contributed by atoms with Gasteiger partial charge >= 0.3 is 6.36 Å². The Morgan fingerprint density at radius 1 is 1.14 bits per heavy atom. The van der Waals surface area contributed by atoms with Crippen LogP contribution in [-0.2, 0) is 11.3 Å². The highest BCUT2D eigenvalue weighted by molar-refractivity contribution is 5.94. The molecule has 1 aliphatic heterocycles. The van der Waals surface area contributed by atoms with E-state index in [9.17, 15) is 18.0 Å². The van der Waals surface area contributed by atoms with Crippen LogP contribution in [0.15, 0.2) is 42.5 Å². The van der Waals surface area contributed by atoms with Gasteiger partial charge in [0.1, 0.15) is 19.0 Å². The van der Waals surface area contributed by atoms with Gasteiger partial charge < -0.3 is 19.5 Å². The van der Waals surface area contributed by atoms with Crippen molar-refractivity contribution in [2.75, 3.05) is 25.6 Å². The second-order valence-electron chi connectivity index (χ2n) is 6.63. The Balaban J connectivity index is 1.56. The molecular formula is C20H21F3N2O4. The van der Waals surface area contributed by atoms with Gasteiger partial charge in [-0.1, -0.05) is 6.07 Å². The predicted molar refractivity (Wildman–Crippen MR) is 100 cm³/mol. The van der Waals surface area contributed by atoms with Crippen molar-refractivity contribution in [3.05, 3.63) is 48.0 Å². The molecule has 0 saturated heterocycles. The molecule has 9 heteroatoms. The van der Waals surface area contributed by atoms with Crippen LogP contribution in [0.4, 0.5) is 18.9 Å². The van der Waals surface area contributed by atoms with Crippen LogP contribution in [0.3, 0.4) is 0 Å². The molecule has 1 aliphatic rings. The molecule has 1 amide bonds. The normalized spacial score (nSPS) is 14.4. The number of rotatable bonds is 6. The first-order valence-corrected chi connectivity index (χ1v) is 8.97. The zero-order chi connectivity index (χ0) is 21.0. The van der Waals surface area contributed by atoms with Crippen molar-refractivity contribution in [3.63, 3.8) is 0 Å². The maximum atomic E-state index is 12.5. The fourth-order valence-corrected chi connectivity index (χ4v) is 2.80. The van der Waals surface area contributed by atoms with Crippen LogP contribution in [0.2, 0.25) is 0 Å². The average molecular weight is 410 g/mol. The lowest BCUT2D eigenvalue weighted by Crippen LogP contribution is -2.39. The van der Waals surface area contributed by atoms with Crippen molar-refractivity contribution in [1.29, 1.82) is 0 Å². The molecule has 1 heterocycles. The quantitative estimate of drug-likeness (QED) is 0.785. The largest absolute Gasteiger partial charge is 0.573 e. The predicted octanol–water partition coefficient (Wildman–Crippen LogP) is 3.82. The number of ether oxygens (including phenoxy) is 3. The number of nitrogens with zero attached hydrogens (tertiary/aromatic N) is 1. The molecule has 0 aliphatic carbocycles. The molecule has 3 rings (SSSR count). The molecule has 156 valence electrons. The zero-order valence-corrected chi connectivity index (χ0v) is 16.0. The van der Waals surface area contributed by atoms with E-state index in [1.54, 1.807) is 14.0 Å². The molecule has 1 unspecified atom stereocenters. The van der Waals surface area contributed by atoms with Crippen molar-refractivity contribution in [2.45, 2.75) is 25.9 Å². The number of amides is 1. The number of hydrogen-bond acceptors (Lipinski definition) is 5. The first kappa shape index (κ1) is 20.8. The number of carbonyl (C=O) groups excluding carboxylic acids is 1. The summed E-state index contributed by atoms with van der Waals surface area (Å²) in [5, 5.41) is 2.69. The van der Waals surface area contributed by atoms with Gasteiger partial charge in [-0.25, -0.2) is 0 Å². The van der Waals surface area contributed by atoms with Gasteiger partial charge in [0.2, 0.25) is 5.91 Å². The minimum atomic E-state index is -4.75. The summed E-state index contributed by atoms with van der Waals surface area (Å²) < 4.78 is 51.5. The number of halogens is 3. The van der Waals surface area contributed by atoms with Crippen LogP contribution in [0.1, 0.15) is 12.5 Å². The van der Waals surface area contributed by atoms with Crippen LogP contribution in [-0.4, -0.2) is 43.5 Å². The second-order valence-corrected chi connectivity index (χ2v) is 6.63. The van der Waals surface area contributed by atoms with Gasteiger partial charge in [0.05, 0.1) is 6.04 Å². The molecule has 2 aromatic rings. The monoisotopic (exact) mass is 410 g/mol. The maximum Gasteiger partial charge on any atom is 0.573 e. The highest BCUT2D eigenvalue weighted by Crippen LogP contribution is 2.31. The second kappa shape index (κ2) is 8.60. The van der Waals surface area contributed by atoms with Gasteiger partial charge in [0, 0.05) is 12.2 Å². The lowest BCUT2D eigenvalue weighted by atomic mass is 10.1. The van der Waals surface area contributed by atoms with Gasteiger partial charge in [0.25, 0.3) is 0 Å². The summed E-state index contributed by atoms with van der Waals surface area (Å²) in [5.74, 6) is 0.751. The zero-order valence-electron chi connectivity index (χ0n) is 16.0. The SMILES string of the molecule is CC(C(=O)Nc1ccc(OC(F)(F)F)cc1)N(C)Cc1ccc2c(c1)OCCO2. The highest BCUT2D eigenvalue weighted by Gasteiger charge is 2.31. The Morgan fingerprint density at radius 2 is 1.79 bits per heavy atom. The van der Waals surface area contributed by atoms with E-state index in [-0.39, 0.29) is 11.7 Å². The third kappa shape index (κ3) is 5.77. The van der Waals surface area contributed by atoms with Crippen molar-refractivity contribution >= 4 is 11.6 Å². The van der Waals surface area contributed by atoms with Crippen LogP contribution < -0.4 is 19.5 Å². The topological polar surface area (TPSA) is 60.0 Å². The summed E-state index contributed by atoms with van der Waals surface area (Å²) >= 11 is 0. The van der Waals surface area contributed by atoms with Crippen molar-refractivity contribution < 1.29 is 32.2 Å². The number of likely N-dealkylation sites (N-methyl/N-ethyl adjacent to an activating group) is 1. The van der Waals surface area contributed by atoms with E-state index in [1.165, 1.54) is 12.1 Å². The molecule has 0 radical (unpaired) electrons. The highest BCUT2D eigenvalue weighted by atomic mass is 19.4. The van der Waals surface area contributed by atoms with Crippen LogP contribution >= 0.6 is 0 Å². The summed E-state index contributed by atoms with van der Waals surface area (Å²) in [6, 6.07) is 10.2. The van der Waals surface area contributed by atoms with Crippen LogP contribution in [0, 0.1) is 0 Å². The number of fused-ring (bicyclic) bond motifs is 1. The van der Waals surface area contributed by atoms with Gasteiger partial charge in [-0.15, -0.1) is 13.2 Å². The lowest BCUT2D eigenvalue weighted by molar-refractivity contribution is -0.274. The van der Waals surface area contributed by atoms with Gasteiger partial charge in [-0.3, -0.25) is 9.69 Å². The smallest absolute Gasteiger partial charge is 0.486 e. The Morgan fingerprint density at radius 3 is 2.45 bits per heavy atom. The van der Waals surface area contributed by atoms with E-state index < -0.39 is 12.4 Å². The lowest BCUT2D eigenvalue weighted by Gasteiger charge is -2.25. The molecule has 2 aromatic carbocycles. The minimum absolute atomic E-state index is 0.283. The molecule has 0 bridgehead atoms. The maximum absolute atomic E-state index is 12.5. The van der Waals surface area contributed by atoms with E-state index >= 15 is 0 Å². The van der Waals surface area contributed by atoms with E-state index in [0.29, 0.717) is 36.9 Å². The molecule has 0 saturated carbocycles. The van der Waals surface area contributed by atoms with Crippen molar-refractivity contribution in [2.24, 2.45) is 0 Å². The summed E-state index contributed by atoms with van der Waals surface area (Å²) in [4.78, 5) is 14.3. The number of anilines is 1. The summed E-state index contributed by atoms with van der Waals surface area (Å²) in [5.41, 5.74) is 1.34. The molecule has 29 heavy (non-hydrogen) atoms. The average Bonchev–Trinajstić information content (AvgIpc) is 2.67. The number of hydrogen-bond donors (Lipinski definition) is 1. The number of carbonyl (C=O) groups is 1. The molecular weight excluding hydrogens is 389 g/mol. The van der Waals surface area contributed by atoms with E-state index in [1.807, 2.05) is 23.1 Å². The standard InChI is InChI=1S/C20H21F3N2O4/c1-13(19(26)24-15-4-6-16(7-5-15)29-20(21,22)23)25(2)12-14-3-8-17-18(11-14)28-10-9-27-17/h3-8,11,13H,9-10,12H2,1-2H3,(H,24,26). The molecule has 0 aromatic heterocycles. The first-order valence-electron chi connectivity index (χ1n) is 8.97. The third-order valence-electron chi connectivity index (χ3n) is 4.43. The molecule has 0 fully saturated rings. The molecule has 1 atom stereocenters. The summed E-state index contributed by atoms with van der Waals surface area (Å²) in [6.45, 7) is 3.27. The minimum Gasteiger partial charge on any atom is -0.486 e. The fraction of sp³-hybridized carbons (Fsp3) is 0.350. The Labute approximate surface area is 166 Å². The van der Waals surface area contributed by atoms with E-state index in [0.717, 1.165) is 17.7 Å². The third-order valence-corrected chi connectivity index (χ3v) is 4.43. The Kier molecular flexibility index (Phi) is 6.17. The van der Waals surface area contributed by atoms with Gasteiger partial charge in [0.15, 0.2) is 11.5 Å². The van der Waals surface area contributed by atoms with Crippen molar-refractivity contribution in [3.8, 4) is 17.2 Å². The van der Waals surface area contributed by atoms with Crippen molar-refractivity contribution in [1.82, 2.24) is 4.90 Å². The number of alkyl halides is 3. The molecule has 0 spiro atoms. The molecule has 1 N–H and O–H groups in total. The van der Waals surface area contributed by atoms with E-state index in [4.69, 9.17) is 9.47 Å². The van der Waals surface area contributed by atoms with Gasteiger partial charge in [-0.2, -0.15) is 0 Å². The number of benzene rings is 2. The molecule has 6 nitrogen and oxygen atoms in total. The van der Waals surface area contributed by atoms with Crippen LogP contribution in [0.5, 0.6) is 17.2 Å². The van der Waals surface area contributed by atoms with Gasteiger partial charge in [-0.05, 0) is 55.9 Å².